The lowest BCUT2D eigenvalue weighted by atomic mass is 10.0. The third-order valence-corrected chi connectivity index (χ3v) is 3.14. The van der Waals surface area contributed by atoms with Crippen molar-refractivity contribution in [2.45, 2.75) is 38.2 Å². The second-order valence-corrected chi connectivity index (χ2v) is 5.12. The van der Waals surface area contributed by atoms with Gasteiger partial charge in [-0.25, -0.2) is 0 Å². The fourth-order valence-electron chi connectivity index (χ4n) is 1.32. The van der Waals surface area contributed by atoms with Gasteiger partial charge in [0.15, 0.2) is 0 Å². The van der Waals surface area contributed by atoms with Gasteiger partial charge in [0, 0.05) is 6.54 Å². The first kappa shape index (κ1) is 13.6. The molecule has 1 rings (SSSR count). The Hall–Kier alpha value is -0.450. The largest absolute Gasteiger partial charge is 0.464 e. The molecule has 2 N–H and O–H groups in total. The van der Waals surface area contributed by atoms with Crippen molar-refractivity contribution in [3.63, 3.8) is 0 Å². The zero-order chi connectivity index (χ0) is 12.0. The summed E-state index contributed by atoms with van der Waals surface area (Å²) in [5.74, 6) is 2.84. The van der Waals surface area contributed by atoms with E-state index in [0.717, 1.165) is 23.7 Å². The highest BCUT2D eigenvalue weighted by Gasteiger charge is 2.16. The molecule has 0 saturated carbocycles. The summed E-state index contributed by atoms with van der Waals surface area (Å²) in [5, 5.41) is 13.0. The van der Waals surface area contributed by atoms with Crippen LogP contribution in [0, 0.1) is 0 Å². The Morgan fingerprint density at radius 2 is 2.12 bits per heavy atom. The second kappa shape index (κ2) is 6.33. The van der Waals surface area contributed by atoms with Gasteiger partial charge in [0.25, 0.3) is 0 Å². The SMILES string of the molecule is CCC(C)(O)CNCc1ccc(CSC)o1. The molecular weight excluding hydrogens is 222 g/mol. The van der Waals surface area contributed by atoms with Crippen LogP contribution in [0.5, 0.6) is 0 Å². The maximum Gasteiger partial charge on any atom is 0.118 e. The minimum Gasteiger partial charge on any atom is -0.464 e. The topological polar surface area (TPSA) is 45.4 Å². The molecule has 0 aliphatic rings. The van der Waals surface area contributed by atoms with E-state index in [9.17, 15) is 5.11 Å². The standard InChI is InChI=1S/C12H21NO2S/c1-4-12(2,14)9-13-7-10-5-6-11(15-10)8-16-3/h5-6,13-14H,4,7-9H2,1-3H3. The fraction of sp³-hybridized carbons (Fsp3) is 0.667. The zero-order valence-corrected chi connectivity index (χ0v) is 11.1. The molecule has 1 heterocycles. The van der Waals surface area contributed by atoms with E-state index in [4.69, 9.17) is 4.42 Å². The monoisotopic (exact) mass is 243 g/mol. The quantitative estimate of drug-likeness (QED) is 0.772. The van der Waals surface area contributed by atoms with Gasteiger partial charge in [-0.3, -0.25) is 0 Å². The third kappa shape index (κ3) is 4.60. The van der Waals surface area contributed by atoms with Crippen LogP contribution in [0.2, 0.25) is 0 Å². The number of nitrogens with one attached hydrogen (secondary N) is 1. The molecular formula is C12H21NO2S. The van der Waals surface area contributed by atoms with E-state index < -0.39 is 5.60 Å². The summed E-state index contributed by atoms with van der Waals surface area (Å²) in [6, 6.07) is 3.99. The summed E-state index contributed by atoms with van der Waals surface area (Å²) >= 11 is 1.75. The number of furan rings is 1. The predicted octanol–water partition coefficient (Wildman–Crippen LogP) is 2.39. The van der Waals surface area contributed by atoms with Gasteiger partial charge >= 0.3 is 0 Å². The Labute approximate surface area is 102 Å². The van der Waals surface area contributed by atoms with E-state index in [-0.39, 0.29) is 0 Å². The average Bonchev–Trinajstić information content (AvgIpc) is 2.66. The Balaban J connectivity index is 2.31. The molecule has 92 valence electrons. The number of aliphatic hydroxyl groups is 1. The van der Waals surface area contributed by atoms with E-state index in [1.54, 1.807) is 11.8 Å². The van der Waals surface area contributed by atoms with Crippen molar-refractivity contribution in [3.8, 4) is 0 Å². The molecule has 0 aromatic carbocycles. The molecule has 0 aliphatic heterocycles. The number of thioether (sulfide) groups is 1. The number of hydrogen-bond donors (Lipinski definition) is 2. The molecule has 0 spiro atoms. The van der Waals surface area contributed by atoms with Crippen LogP contribution in [0.15, 0.2) is 16.5 Å². The highest BCUT2D eigenvalue weighted by atomic mass is 32.2. The molecule has 4 heteroatoms. The summed E-state index contributed by atoms with van der Waals surface area (Å²) in [6.45, 7) is 5.07. The molecule has 1 unspecified atom stereocenters. The molecule has 0 fully saturated rings. The lowest BCUT2D eigenvalue weighted by molar-refractivity contribution is 0.0551. The smallest absolute Gasteiger partial charge is 0.118 e. The van der Waals surface area contributed by atoms with E-state index >= 15 is 0 Å². The number of rotatable bonds is 7. The number of hydrogen-bond acceptors (Lipinski definition) is 4. The molecule has 0 amide bonds. The van der Waals surface area contributed by atoms with Gasteiger partial charge in [0.05, 0.1) is 17.9 Å². The molecule has 0 saturated heterocycles. The molecule has 1 aromatic heterocycles. The van der Waals surface area contributed by atoms with Crippen LogP contribution in [0.25, 0.3) is 0 Å². The Morgan fingerprint density at radius 3 is 2.75 bits per heavy atom. The van der Waals surface area contributed by atoms with Crippen molar-refractivity contribution in [1.82, 2.24) is 5.32 Å². The van der Waals surface area contributed by atoms with E-state index in [1.165, 1.54) is 0 Å². The van der Waals surface area contributed by atoms with Crippen molar-refractivity contribution in [2.75, 3.05) is 12.8 Å². The third-order valence-electron chi connectivity index (χ3n) is 2.57. The Kier molecular flexibility index (Phi) is 5.38. The molecule has 0 bridgehead atoms. The van der Waals surface area contributed by atoms with Crippen molar-refractivity contribution < 1.29 is 9.52 Å². The van der Waals surface area contributed by atoms with Crippen molar-refractivity contribution >= 4 is 11.8 Å². The predicted molar refractivity (Wildman–Crippen MR) is 68.5 cm³/mol. The summed E-state index contributed by atoms with van der Waals surface area (Å²) in [7, 11) is 0. The fourth-order valence-corrected chi connectivity index (χ4v) is 1.76. The van der Waals surface area contributed by atoms with Crippen molar-refractivity contribution in [2.24, 2.45) is 0 Å². The molecule has 1 aromatic rings. The molecule has 0 radical (unpaired) electrons. The van der Waals surface area contributed by atoms with Crippen LogP contribution < -0.4 is 5.32 Å². The van der Waals surface area contributed by atoms with Crippen LogP contribution in [-0.4, -0.2) is 23.5 Å². The van der Waals surface area contributed by atoms with Crippen LogP contribution in [0.4, 0.5) is 0 Å². The normalized spacial score (nSPS) is 15.0. The van der Waals surface area contributed by atoms with Gasteiger partial charge in [0.2, 0.25) is 0 Å². The first-order chi connectivity index (χ1) is 7.57. The van der Waals surface area contributed by atoms with Crippen molar-refractivity contribution in [1.29, 1.82) is 0 Å². The average molecular weight is 243 g/mol. The van der Waals surface area contributed by atoms with Crippen LogP contribution in [-0.2, 0) is 12.3 Å². The molecule has 16 heavy (non-hydrogen) atoms. The van der Waals surface area contributed by atoms with E-state index in [0.29, 0.717) is 13.1 Å². The minimum atomic E-state index is -0.630. The van der Waals surface area contributed by atoms with Crippen LogP contribution >= 0.6 is 11.8 Å². The Morgan fingerprint density at radius 1 is 1.44 bits per heavy atom. The van der Waals surface area contributed by atoms with E-state index in [1.807, 2.05) is 26.0 Å². The van der Waals surface area contributed by atoms with Gasteiger partial charge in [0.1, 0.15) is 11.5 Å². The first-order valence-electron chi connectivity index (χ1n) is 5.57. The summed E-state index contributed by atoms with van der Waals surface area (Å²) in [6.07, 6.45) is 2.80. The highest BCUT2D eigenvalue weighted by molar-refractivity contribution is 7.97. The van der Waals surface area contributed by atoms with Gasteiger partial charge in [-0.1, -0.05) is 6.92 Å². The molecule has 1 atom stereocenters. The van der Waals surface area contributed by atoms with Crippen LogP contribution in [0.1, 0.15) is 31.8 Å². The molecule has 3 nitrogen and oxygen atoms in total. The lowest BCUT2D eigenvalue weighted by Crippen LogP contribution is -2.36. The minimum absolute atomic E-state index is 0.585. The Bertz CT molecular complexity index is 310. The second-order valence-electron chi connectivity index (χ2n) is 4.26. The zero-order valence-electron chi connectivity index (χ0n) is 10.2. The van der Waals surface area contributed by atoms with E-state index in [2.05, 4.69) is 11.6 Å². The van der Waals surface area contributed by atoms with Crippen molar-refractivity contribution in [3.05, 3.63) is 23.7 Å². The summed E-state index contributed by atoms with van der Waals surface area (Å²) in [4.78, 5) is 0. The van der Waals surface area contributed by atoms with Crippen LogP contribution in [0.3, 0.4) is 0 Å². The summed E-state index contributed by atoms with van der Waals surface area (Å²) < 4.78 is 5.61. The highest BCUT2D eigenvalue weighted by Crippen LogP contribution is 2.13. The van der Waals surface area contributed by atoms with Gasteiger partial charge in [-0.15, -0.1) is 0 Å². The first-order valence-corrected chi connectivity index (χ1v) is 6.96. The van der Waals surface area contributed by atoms with Gasteiger partial charge < -0.3 is 14.8 Å². The molecule has 0 aliphatic carbocycles. The maximum atomic E-state index is 9.79. The summed E-state index contributed by atoms with van der Waals surface area (Å²) in [5.41, 5.74) is -0.630. The van der Waals surface area contributed by atoms with Gasteiger partial charge in [-0.2, -0.15) is 11.8 Å². The maximum absolute atomic E-state index is 9.79. The van der Waals surface area contributed by atoms with Gasteiger partial charge in [-0.05, 0) is 31.7 Å². The lowest BCUT2D eigenvalue weighted by Gasteiger charge is -2.21.